The number of carboxylic acid groups (broad SMARTS) is 1. The molecule has 2 heteroatoms. The summed E-state index contributed by atoms with van der Waals surface area (Å²) in [7, 11) is 0. The molecule has 0 aliphatic rings. The third kappa shape index (κ3) is 16.9. The Labute approximate surface area is 125 Å². The molecule has 0 aliphatic carbocycles. The molecule has 0 fully saturated rings. The van der Waals surface area contributed by atoms with E-state index in [0.29, 0.717) is 6.42 Å². The predicted molar refractivity (Wildman–Crippen MR) is 87.0 cm³/mol. The molecule has 0 saturated carbocycles. The van der Waals surface area contributed by atoms with Crippen molar-refractivity contribution >= 4 is 5.97 Å². The summed E-state index contributed by atoms with van der Waals surface area (Å²) in [5, 5.41) is 8.50. The Morgan fingerprint density at radius 2 is 1.25 bits per heavy atom. The van der Waals surface area contributed by atoms with Gasteiger partial charge in [-0.05, 0) is 38.5 Å². The monoisotopic (exact) mass is 280 g/mol. The average molecular weight is 280 g/mol. The molecule has 0 bridgehead atoms. The maximum Gasteiger partial charge on any atom is 0.303 e. The lowest BCUT2D eigenvalue weighted by atomic mass is 10.1. The SMILES string of the molecule is CCCC/C=C\CC/C=C\CCCCCCCC(=O)O. The predicted octanol–water partition coefficient (Wildman–Crippen LogP) is 5.88. The molecule has 0 amide bonds. The molecule has 0 aliphatic heterocycles. The number of carboxylic acids is 1. The standard InChI is InChI=1S/C18H32O2/c1-2-3-4-5-6-7-8-9-10-11-12-13-14-15-16-17-18(19)20/h5-6,9-10H,2-4,7-8,11-17H2,1H3,(H,19,20)/b6-5-,10-9-. The molecule has 0 rings (SSSR count). The number of unbranched alkanes of at least 4 members (excludes halogenated alkanes) is 8. The smallest absolute Gasteiger partial charge is 0.303 e. The van der Waals surface area contributed by atoms with Crippen LogP contribution in [0.5, 0.6) is 0 Å². The average Bonchev–Trinajstić information content (AvgIpc) is 2.43. The highest BCUT2D eigenvalue weighted by Gasteiger charge is 1.95. The van der Waals surface area contributed by atoms with Gasteiger partial charge in [0.05, 0.1) is 0 Å². The van der Waals surface area contributed by atoms with Crippen molar-refractivity contribution in [2.24, 2.45) is 0 Å². The van der Waals surface area contributed by atoms with Gasteiger partial charge in [-0.3, -0.25) is 4.79 Å². The summed E-state index contributed by atoms with van der Waals surface area (Å²) >= 11 is 0. The van der Waals surface area contributed by atoms with Crippen LogP contribution in [0.25, 0.3) is 0 Å². The Bertz CT molecular complexity index is 267. The molecular weight excluding hydrogens is 248 g/mol. The summed E-state index contributed by atoms with van der Waals surface area (Å²) < 4.78 is 0. The molecule has 0 aromatic carbocycles. The van der Waals surface area contributed by atoms with Crippen molar-refractivity contribution in [2.75, 3.05) is 0 Å². The van der Waals surface area contributed by atoms with E-state index in [9.17, 15) is 4.79 Å². The molecule has 2 nitrogen and oxygen atoms in total. The molecule has 116 valence electrons. The van der Waals surface area contributed by atoms with Gasteiger partial charge in [0.15, 0.2) is 0 Å². The van der Waals surface area contributed by atoms with Crippen LogP contribution in [0.1, 0.15) is 84.0 Å². The Morgan fingerprint density at radius 1 is 0.750 bits per heavy atom. The summed E-state index contributed by atoms with van der Waals surface area (Å²) in [4.78, 5) is 10.3. The Hall–Kier alpha value is -1.05. The second-order valence-corrected chi connectivity index (χ2v) is 5.36. The van der Waals surface area contributed by atoms with E-state index in [2.05, 4.69) is 31.2 Å². The van der Waals surface area contributed by atoms with E-state index >= 15 is 0 Å². The Kier molecular flexibility index (Phi) is 15.2. The van der Waals surface area contributed by atoms with Crippen LogP contribution in [-0.4, -0.2) is 11.1 Å². The lowest BCUT2D eigenvalue weighted by Gasteiger charge is -1.98. The third-order valence-corrected chi connectivity index (χ3v) is 3.32. The van der Waals surface area contributed by atoms with Crippen LogP contribution >= 0.6 is 0 Å². The van der Waals surface area contributed by atoms with Gasteiger partial charge >= 0.3 is 5.97 Å². The molecule has 0 unspecified atom stereocenters. The van der Waals surface area contributed by atoms with E-state index in [-0.39, 0.29) is 0 Å². The first-order valence-corrected chi connectivity index (χ1v) is 8.29. The van der Waals surface area contributed by atoms with Gasteiger partial charge in [0.25, 0.3) is 0 Å². The normalized spacial score (nSPS) is 11.7. The summed E-state index contributed by atoms with van der Waals surface area (Å²) in [6, 6.07) is 0. The fraction of sp³-hybridized carbons (Fsp3) is 0.722. The summed E-state index contributed by atoms with van der Waals surface area (Å²) in [6.45, 7) is 2.22. The summed E-state index contributed by atoms with van der Waals surface area (Å²) in [6.07, 6.45) is 22.3. The molecule has 0 aromatic heterocycles. The van der Waals surface area contributed by atoms with Crippen molar-refractivity contribution in [1.29, 1.82) is 0 Å². The van der Waals surface area contributed by atoms with Crippen LogP contribution in [0.15, 0.2) is 24.3 Å². The van der Waals surface area contributed by atoms with Crippen LogP contribution in [0.4, 0.5) is 0 Å². The molecule has 1 N–H and O–H groups in total. The first kappa shape index (κ1) is 18.9. The number of hydrogen-bond acceptors (Lipinski definition) is 1. The van der Waals surface area contributed by atoms with Crippen LogP contribution < -0.4 is 0 Å². The topological polar surface area (TPSA) is 37.3 Å². The zero-order valence-corrected chi connectivity index (χ0v) is 13.2. The van der Waals surface area contributed by atoms with Crippen molar-refractivity contribution in [3.63, 3.8) is 0 Å². The summed E-state index contributed by atoms with van der Waals surface area (Å²) in [5.41, 5.74) is 0. The molecule has 0 aromatic rings. The van der Waals surface area contributed by atoms with Gasteiger partial charge in [0, 0.05) is 6.42 Å². The van der Waals surface area contributed by atoms with E-state index in [0.717, 1.165) is 25.7 Å². The quantitative estimate of drug-likeness (QED) is 0.318. The van der Waals surface area contributed by atoms with Crippen LogP contribution in [0.2, 0.25) is 0 Å². The zero-order chi connectivity index (χ0) is 14.9. The van der Waals surface area contributed by atoms with Gasteiger partial charge in [0.1, 0.15) is 0 Å². The van der Waals surface area contributed by atoms with Gasteiger partial charge < -0.3 is 5.11 Å². The lowest BCUT2D eigenvalue weighted by Crippen LogP contribution is -1.93. The van der Waals surface area contributed by atoms with E-state index in [1.165, 1.54) is 44.9 Å². The zero-order valence-electron chi connectivity index (χ0n) is 13.2. The molecule has 0 spiro atoms. The third-order valence-electron chi connectivity index (χ3n) is 3.32. The number of hydrogen-bond donors (Lipinski definition) is 1. The van der Waals surface area contributed by atoms with Gasteiger partial charge in [-0.2, -0.15) is 0 Å². The first-order valence-electron chi connectivity index (χ1n) is 8.29. The van der Waals surface area contributed by atoms with Gasteiger partial charge in [-0.25, -0.2) is 0 Å². The van der Waals surface area contributed by atoms with E-state index in [1.807, 2.05) is 0 Å². The maximum atomic E-state index is 10.3. The fourth-order valence-electron chi connectivity index (χ4n) is 2.05. The maximum absolute atomic E-state index is 10.3. The van der Waals surface area contributed by atoms with E-state index in [1.54, 1.807) is 0 Å². The minimum Gasteiger partial charge on any atom is -0.481 e. The van der Waals surface area contributed by atoms with E-state index < -0.39 is 5.97 Å². The molecule has 0 radical (unpaired) electrons. The van der Waals surface area contributed by atoms with Crippen molar-refractivity contribution < 1.29 is 9.90 Å². The highest BCUT2D eigenvalue weighted by Crippen LogP contribution is 2.08. The first-order chi connectivity index (χ1) is 9.77. The highest BCUT2D eigenvalue weighted by atomic mass is 16.4. The number of aliphatic carboxylic acids is 1. The van der Waals surface area contributed by atoms with Gasteiger partial charge in [-0.15, -0.1) is 0 Å². The minimum absolute atomic E-state index is 0.325. The molecule has 0 heterocycles. The van der Waals surface area contributed by atoms with E-state index in [4.69, 9.17) is 5.11 Å². The molecular formula is C18H32O2. The Morgan fingerprint density at radius 3 is 1.85 bits per heavy atom. The van der Waals surface area contributed by atoms with Gasteiger partial charge in [0.2, 0.25) is 0 Å². The van der Waals surface area contributed by atoms with Crippen LogP contribution in [-0.2, 0) is 4.79 Å². The number of rotatable bonds is 14. The lowest BCUT2D eigenvalue weighted by molar-refractivity contribution is -0.137. The highest BCUT2D eigenvalue weighted by molar-refractivity contribution is 5.66. The molecule has 0 saturated heterocycles. The van der Waals surface area contributed by atoms with Crippen molar-refractivity contribution in [3.8, 4) is 0 Å². The minimum atomic E-state index is -0.670. The van der Waals surface area contributed by atoms with Crippen molar-refractivity contribution in [3.05, 3.63) is 24.3 Å². The van der Waals surface area contributed by atoms with Crippen LogP contribution in [0, 0.1) is 0 Å². The second-order valence-electron chi connectivity index (χ2n) is 5.36. The Balaban J connectivity index is 3.16. The molecule has 20 heavy (non-hydrogen) atoms. The van der Waals surface area contributed by atoms with Crippen molar-refractivity contribution in [1.82, 2.24) is 0 Å². The van der Waals surface area contributed by atoms with Gasteiger partial charge in [-0.1, -0.05) is 63.3 Å². The fourth-order valence-corrected chi connectivity index (χ4v) is 2.05. The summed E-state index contributed by atoms with van der Waals surface area (Å²) in [5.74, 6) is -0.670. The molecule has 0 atom stereocenters. The largest absolute Gasteiger partial charge is 0.481 e. The number of allylic oxidation sites excluding steroid dienone is 4. The second kappa shape index (κ2) is 16.0. The van der Waals surface area contributed by atoms with Crippen molar-refractivity contribution in [2.45, 2.75) is 84.0 Å². The number of carbonyl (C=O) groups is 1. The van der Waals surface area contributed by atoms with Crippen LogP contribution in [0.3, 0.4) is 0 Å².